The molecule has 6 heteroatoms. The van der Waals surface area contributed by atoms with Gasteiger partial charge >= 0.3 is 0 Å². The van der Waals surface area contributed by atoms with Gasteiger partial charge in [-0.3, -0.25) is 9.59 Å². The second-order valence-corrected chi connectivity index (χ2v) is 5.36. The Morgan fingerprint density at radius 1 is 1.28 bits per heavy atom. The number of nitrogens with one attached hydrogen (secondary N) is 2. The van der Waals surface area contributed by atoms with Gasteiger partial charge in [0.15, 0.2) is 0 Å². The van der Waals surface area contributed by atoms with E-state index in [4.69, 9.17) is 10.5 Å². The van der Waals surface area contributed by atoms with Gasteiger partial charge < -0.3 is 21.1 Å². The molecule has 106 valence electrons. The van der Waals surface area contributed by atoms with Crippen molar-refractivity contribution in [3.8, 4) is 0 Å². The molecule has 0 aliphatic heterocycles. The van der Waals surface area contributed by atoms with Gasteiger partial charge in [-0.1, -0.05) is 20.8 Å². The van der Waals surface area contributed by atoms with Crippen molar-refractivity contribution in [3.63, 3.8) is 0 Å². The molecule has 18 heavy (non-hydrogen) atoms. The van der Waals surface area contributed by atoms with Gasteiger partial charge in [-0.15, -0.1) is 0 Å². The molecule has 0 aliphatic rings. The van der Waals surface area contributed by atoms with Gasteiger partial charge in [0, 0.05) is 13.7 Å². The summed E-state index contributed by atoms with van der Waals surface area (Å²) >= 11 is 0. The van der Waals surface area contributed by atoms with Gasteiger partial charge in [0.1, 0.15) is 6.04 Å². The Labute approximate surface area is 109 Å². The molecule has 0 aliphatic carbocycles. The summed E-state index contributed by atoms with van der Waals surface area (Å²) in [6.45, 7) is 8.10. The Kier molecular flexibility index (Phi) is 6.86. The molecule has 0 aromatic rings. The van der Waals surface area contributed by atoms with E-state index >= 15 is 0 Å². The highest BCUT2D eigenvalue weighted by atomic mass is 16.5. The summed E-state index contributed by atoms with van der Waals surface area (Å²) in [5, 5.41) is 5.24. The van der Waals surface area contributed by atoms with Crippen molar-refractivity contribution in [3.05, 3.63) is 0 Å². The topological polar surface area (TPSA) is 93.5 Å². The molecule has 0 saturated carbocycles. The number of carbonyl (C=O) groups is 2. The Balaban J connectivity index is 4.18. The lowest BCUT2D eigenvalue weighted by atomic mass is 9.87. The zero-order chi connectivity index (χ0) is 14.3. The predicted octanol–water partition coefficient (Wildman–Crippen LogP) is -0.373. The highest BCUT2D eigenvalue weighted by Crippen LogP contribution is 2.17. The Bertz CT molecular complexity index is 287. The lowest BCUT2D eigenvalue weighted by Crippen LogP contribution is -2.54. The zero-order valence-corrected chi connectivity index (χ0v) is 11.9. The average molecular weight is 259 g/mol. The highest BCUT2D eigenvalue weighted by molar-refractivity contribution is 5.89. The van der Waals surface area contributed by atoms with Crippen LogP contribution in [0.4, 0.5) is 0 Å². The molecule has 0 rings (SSSR count). The van der Waals surface area contributed by atoms with E-state index in [0.717, 1.165) is 0 Å². The van der Waals surface area contributed by atoms with E-state index in [-0.39, 0.29) is 17.2 Å². The minimum atomic E-state index is -0.647. The van der Waals surface area contributed by atoms with Crippen LogP contribution >= 0.6 is 0 Å². The normalized spacial score (nSPS) is 14.8. The zero-order valence-electron chi connectivity index (χ0n) is 11.9. The molecule has 0 bridgehead atoms. The lowest BCUT2D eigenvalue weighted by molar-refractivity contribution is -0.130. The number of hydrogen-bond acceptors (Lipinski definition) is 4. The van der Waals surface area contributed by atoms with Crippen molar-refractivity contribution in [2.24, 2.45) is 11.1 Å². The fraction of sp³-hybridized carbons (Fsp3) is 0.833. The quantitative estimate of drug-likeness (QED) is 0.567. The molecule has 4 N–H and O–H groups in total. The van der Waals surface area contributed by atoms with Crippen molar-refractivity contribution in [2.75, 3.05) is 20.3 Å². The predicted molar refractivity (Wildman–Crippen MR) is 69.9 cm³/mol. The van der Waals surface area contributed by atoms with Gasteiger partial charge in [-0.25, -0.2) is 0 Å². The third kappa shape index (κ3) is 5.97. The van der Waals surface area contributed by atoms with E-state index in [0.29, 0.717) is 13.2 Å². The molecule has 2 atom stereocenters. The first kappa shape index (κ1) is 16.9. The van der Waals surface area contributed by atoms with Gasteiger partial charge in [0.05, 0.1) is 12.6 Å². The van der Waals surface area contributed by atoms with Crippen molar-refractivity contribution in [1.82, 2.24) is 10.6 Å². The number of ether oxygens (including phenoxy) is 1. The van der Waals surface area contributed by atoms with Gasteiger partial charge in [-0.05, 0) is 12.3 Å². The molecule has 0 aromatic heterocycles. The number of methoxy groups -OCH3 is 1. The minimum absolute atomic E-state index is 0.249. The molecule has 0 heterocycles. The van der Waals surface area contributed by atoms with Crippen LogP contribution in [0, 0.1) is 5.41 Å². The Hall–Kier alpha value is -1.14. The second-order valence-electron chi connectivity index (χ2n) is 5.36. The van der Waals surface area contributed by atoms with Crippen LogP contribution < -0.4 is 16.4 Å². The number of hydrogen-bond donors (Lipinski definition) is 3. The van der Waals surface area contributed by atoms with Gasteiger partial charge in [-0.2, -0.15) is 0 Å². The Morgan fingerprint density at radius 2 is 1.83 bits per heavy atom. The maximum atomic E-state index is 11.8. The van der Waals surface area contributed by atoms with E-state index in [1.54, 1.807) is 14.0 Å². The maximum absolute atomic E-state index is 11.8. The lowest BCUT2D eigenvalue weighted by Gasteiger charge is -2.27. The first-order chi connectivity index (χ1) is 8.20. The number of rotatable bonds is 6. The Morgan fingerprint density at radius 3 is 2.28 bits per heavy atom. The molecular formula is C12H25N3O3. The summed E-state index contributed by atoms with van der Waals surface area (Å²) in [5.74, 6) is -0.571. The summed E-state index contributed by atoms with van der Waals surface area (Å²) in [6, 6.07) is -1.26. The first-order valence-corrected chi connectivity index (χ1v) is 6.02. The molecule has 0 saturated heterocycles. The molecule has 0 fully saturated rings. The van der Waals surface area contributed by atoms with E-state index in [2.05, 4.69) is 10.6 Å². The van der Waals surface area contributed by atoms with Crippen LogP contribution in [0.3, 0.4) is 0 Å². The van der Waals surface area contributed by atoms with Crippen molar-refractivity contribution in [1.29, 1.82) is 0 Å². The average Bonchev–Trinajstić information content (AvgIpc) is 2.26. The van der Waals surface area contributed by atoms with Crippen LogP contribution in [0.1, 0.15) is 27.7 Å². The molecular weight excluding hydrogens is 234 g/mol. The van der Waals surface area contributed by atoms with Gasteiger partial charge in [0.2, 0.25) is 11.8 Å². The highest BCUT2D eigenvalue weighted by Gasteiger charge is 2.29. The van der Waals surface area contributed by atoms with E-state index in [1.807, 2.05) is 20.8 Å². The van der Waals surface area contributed by atoms with Crippen LogP contribution in [-0.2, 0) is 14.3 Å². The summed E-state index contributed by atoms with van der Waals surface area (Å²) < 4.78 is 4.81. The third-order valence-electron chi connectivity index (χ3n) is 2.57. The van der Waals surface area contributed by atoms with E-state index in [9.17, 15) is 9.59 Å². The van der Waals surface area contributed by atoms with Crippen molar-refractivity contribution < 1.29 is 14.3 Å². The second kappa shape index (κ2) is 7.33. The smallest absolute Gasteiger partial charge is 0.242 e. The van der Waals surface area contributed by atoms with Crippen LogP contribution in [0.5, 0.6) is 0 Å². The van der Waals surface area contributed by atoms with Crippen LogP contribution in [0.15, 0.2) is 0 Å². The first-order valence-electron chi connectivity index (χ1n) is 6.02. The summed E-state index contributed by atoms with van der Waals surface area (Å²) in [7, 11) is 1.56. The molecule has 1 unspecified atom stereocenters. The van der Waals surface area contributed by atoms with E-state index < -0.39 is 12.1 Å². The van der Waals surface area contributed by atoms with Crippen molar-refractivity contribution >= 4 is 11.8 Å². The monoisotopic (exact) mass is 259 g/mol. The van der Waals surface area contributed by atoms with E-state index in [1.165, 1.54) is 0 Å². The van der Waals surface area contributed by atoms with Crippen molar-refractivity contribution in [2.45, 2.75) is 39.8 Å². The number of carbonyl (C=O) groups excluding carboxylic acids is 2. The van der Waals surface area contributed by atoms with Crippen LogP contribution in [0.25, 0.3) is 0 Å². The number of amides is 2. The molecule has 0 aromatic carbocycles. The largest absolute Gasteiger partial charge is 0.383 e. The molecule has 6 nitrogen and oxygen atoms in total. The summed E-state index contributed by atoms with van der Waals surface area (Å²) in [4.78, 5) is 23.4. The standard InChI is InChI=1S/C12H25N3O3/c1-8(10(16)14-6-7-18-5)15-11(17)9(13)12(2,3)4/h8-9H,6-7,13H2,1-5H3,(H,14,16)(H,15,17)/t8?,9-/m1/s1. The fourth-order valence-corrected chi connectivity index (χ4v) is 1.19. The van der Waals surface area contributed by atoms with Gasteiger partial charge in [0.25, 0.3) is 0 Å². The molecule has 2 amide bonds. The number of nitrogens with two attached hydrogens (primary N) is 1. The summed E-state index contributed by atoms with van der Waals surface area (Å²) in [6.07, 6.45) is 0. The molecule has 0 radical (unpaired) electrons. The summed E-state index contributed by atoms with van der Waals surface area (Å²) in [5.41, 5.74) is 5.46. The maximum Gasteiger partial charge on any atom is 0.242 e. The SMILES string of the molecule is COCCNC(=O)C(C)NC(=O)[C@@H](N)C(C)(C)C. The van der Waals surface area contributed by atoms with Crippen LogP contribution in [-0.4, -0.2) is 44.2 Å². The van der Waals surface area contributed by atoms with Crippen LogP contribution in [0.2, 0.25) is 0 Å². The minimum Gasteiger partial charge on any atom is -0.383 e. The fourth-order valence-electron chi connectivity index (χ4n) is 1.19. The third-order valence-corrected chi connectivity index (χ3v) is 2.57. The molecule has 0 spiro atoms.